The molecule has 1 aliphatic rings. The van der Waals surface area contributed by atoms with E-state index in [1.54, 1.807) is 24.5 Å². The molecule has 31 heavy (non-hydrogen) atoms. The minimum atomic E-state index is -0.761. The topological polar surface area (TPSA) is 70.5 Å². The van der Waals surface area contributed by atoms with Crippen LogP contribution in [0.25, 0.3) is 5.76 Å². The number of pyridine rings is 1. The van der Waals surface area contributed by atoms with Crippen LogP contribution in [0.3, 0.4) is 0 Å². The number of benzene rings is 2. The average Bonchev–Trinajstić information content (AvgIpc) is 3.06. The van der Waals surface area contributed by atoms with E-state index in [4.69, 9.17) is 0 Å². The van der Waals surface area contributed by atoms with Crippen LogP contribution < -0.4 is 4.90 Å². The number of Topliss-reactive ketones (excluding diaryl/α,β-unsaturated/α-hetero) is 1. The highest BCUT2D eigenvalue weighted by molar-refractivity contribution is 6.51. The molecule has 1 N–H and O–H groups in total. The molecule has 0 spiro atoms. The molecule has 5 nitrogen and oxygen atoms in total. The number of anilines is 1. The highest BCUT2D eigenvalue weighted by Crippen LogP contribution is 2.42. The van der Waals surface area contributed by atoms with Crippen LogP contribution in [-0.2, 0) is 16.0 Å². The van der Waals surface area contributed by atoms with Gasteiger partial charge in [-0.15, -0.1) is 0 Å². The second-order valence-electron chi connectivity index (χ2n) is 7.77. The normalized spacial score (nSPS) is 17.9. The number of carbonyl (C=O) groups is 2. The van der Waals surface area contributed by atoms with E-state index in [1.165, 1.54) is 4.90 Å². The predicted molar refractivity (Wildman–Crippen MR) is 121 cm³/mol. The lowest BCUT2D eigenvalue weighted by molar-refractivity contribution is -0.132. The molecule has 2 aromatic carbocycles. The maximum Gasteiger partial charge on any atom is 0.300 e. The molecule has 1 aromatic heterocycles. The maximum absolute atomic E-state index is 13.1. The number of hydrogen-bond donors (Lipinski definition) is 1. The monoisotopic (exact) mass is 412 g/mol. The molecule has 0 radical (unpaired) electrons. The summed E-state index contributed by atoms with van der Waals surface area (Å²) in [6, 6.07) is 15.8. The van der Waals surface area contributed by atoms with Crippen molar-refractivity contribution < 1.29 is 14.7 Å². The number of amides is 1. The Bertz CT molecular complexity index is 1180. The van der Waals surface area contributed by atoms with Gasteiger partial charge in [-0.1, -0.05) is 37.3 Å². The fraction of sp³-hybridized carbons (Fsp3) is 0.192. The summed E-state index contributed by atoms with van der Waals surface area (Å²) in [4.78, 5) is 31.9. The SMILES string of the molecule is CCc1ccc(N2C(=O)C(=O)/C(=C(\O)c3ccc(C)c(C)c3)C2c2cccnc2)cc1. The highest BCUT2D eigenvalue weighted by atomic mass is 16.3. The molecular weight excluding hydrogens is 388 g/mol. The second kappa shape index (κ2) is 8.19. The first-order valence-corrected chi connectivity index (χ1v) is 10.3. The van der Waals surface area contributed by atoms with E-state index in [9.17, 15) is 14.7 Å². The summed E-state index contributed by atoms with van der Waals surface area (Å²) in [5.41, 5.74) is 5.05. The Labute approximate surface area is 181 Å². The predicted octanol–water partition coefficient (Wildman–Crippen LogP) is 4.89. The molecular formula is C26H24N2O3. The molecule has 1 unspecified atom stereocenters. The third-order valence-corrected chi connectivity index (χ3v) is 5.85. The molecule has 3 aromatic rings. The number of aliphatic hydroxyl groups excluding tert-OH is 1. The van der Waals surface area contributed by atoms with E-state index in [1.807, 2.05) is 56.3 Å². The number of nitrogens with zero attached hydrogens (tertiary/aromatic N) is 2. The van der Waals surface area contributed by atoms with Crippen LogP contribution in [0.15, 0.2) is 72.6 Å². The fourth-order valence-electron chi connectivity index (χ4n) is 3.89. The lowest BCUT2D eigenvalue weighted by Gasteiger charge is -2.25. The molecule has 1 aliphatic heterocycles. The lowest BCUT2D eigenvalue weighted by atomic mass is 9.95. The van der Waals surface area contributed by atoms with Gasteiger partial charge < -0.3 is 5.11 Å². The van der Waals surface area contributed by atoms with E-state index in [-0.39, 0.29) is 11.3 Å². The molecule has 0 aliphatic carbocycles. The zero-order valence-electron chi connectivity index (χ0n) is 17.8. The van der Waals surface area contributed by atoms with Gasteiger partial charge in [0, 0.05) is 23.6 Å². The van der Waals surface area contributed by atoms with Gasteiger partial charge in [0.1, 0.15) is 5.76 Å². The summed E-state index contributed by atoms with van der Waals surface area (Å²) in [5, 5.41) is 11.2. The summed E-state index contributed by atoms with van der Waals surface area (Å²) in [5.74, 6) is -1.55. The molecule has 0 bridgehead atoms. The Hall–Kier alpha value is -3.73. The number of rotatable bonds is 4. The van der Waals surface area contributed by atoms with Crippen LogP contribution >= 0.6 is 0 Å². The number of ketones is 1. The van der Waals surface area contributed by atoms with Crippen molar-refractivity contribution in [1.29, 1.82) is 0 Å². The first-order chi connectivity index (χ1) is 14.9. The minimum absolute atomic E-state index is 0.0702. The van der Waals surface area contributed by atoms with Crippen molar-refractivity contribution >= 4 is 23.1 Å². The van der Waals surface area contributed by atoms with Crippen molar-refractivity contribution in [1.82, 2.24) is 4.98 Å². The van der Waals surface area contributed by atoms with E-state index in [2.05, 4.69) is 11.9 Å². The quantitative estimate of drug-likeness (QED) is 0.376. The molecule has 5 heteroatoms. The molecule has 1 amide bonds. The molecule has 1 atom stereocenters. The number of aliphatic hydroxyl groups is 1. The number of hydrogen-bond acceptors (Lipinski definition) is 4. The first kappa shape index (κ1) is 20.5. The Morgan fingerprint density at radius 3 is 2.39 bits per heavy atom. The largest absolute Gasteiger partial charge is 0.507 e. The fourth-order valence-corrected chi connectivity index (χ4v) is 3.89. The van der Waals surface area contributed by atoms with Crippen LogP contribution in [0.2, 0.25) is 0 Å². The van der Waals surface area contributed by atoms with Crippen LogP contribution in [-0.4, -0.2) is 21.8 Å². The Morgan fingerprint density at radius 2 is 1.77 bits per heavy atom. The van der Waals surface area contributed by atoms with E-state index >= 15 is 0 Å². The Kier molecular flexibility index (Phi) is 5.42. The van der Waals surface area contributed by atoms with Gasteiger partial charge in [0.2, 0.25) is 0 Å². The Balaban J connectivity index is 1.92. The van der Waals surface area contributed by atoms with Gasteiger partial charge in [-0.25, -0.2) is 0 Å². The van der Waals surface area contributed by atoms with E-state index in [0.717, 1.165) is 23.1 Å². The number of aryl methyl sites for hydroxylation is 3. The van der Waals surface area contributed by atoms with Gasteiger partial charge in [-0.05, 0) is 66.8 Å². The smallest absolute Gasteiger partial charge is 0.300 e. The van der Waals surface area contributed by atoms with Crippen molar-refractivity contribution in [2.45, 2.75) is 33.2 Å². The lowest BCUT2D eigenvalue weighted by Crippen LogP contribution is -2.29. The van der Waals surface area contributed by atoms with Crippen molar-refractivity contribution in [3.8, 4) is 0 Å². The van der Waals surface area contributed by atoms with Gasteiger partial charge in [0.05, 0.1) is 11.6 Å². The first-order valence-electron chi connectivity index (χ1n) is 10.3. The van der Waals surface area contributed by atoms with Crippen molar-refractivity contribution in [2.75, 3.05) is 4.90 Å². The van der Waals surface area contributed by atoms with E-state index < -0.39 is 17.7 Å². The van der Waals surface area contributed by atoms with E-state index in [0.29, 0.717) is 16.8 Å². The minimum Gasteiger partial charge on any atom is -0.507 e. The maximum atomic E-state index is 13.1. The molecule has 1 saturated heterocycles. The zero-order valence-corrected chi connectivity index (χ0v) is 17.8. The van der Waals surface area contributed by atoms with Crippen molar-refractivity contribution in [3.05, 3.63) is 100 Å². The number of aromatic nitrogens is 1. The average molecular weight is 412 g/mol. The number of carbonyl (C=O) groups excluding carboxylic acids is 2. The summed E-state index contributed by atoms with van der Waals surface area (Å²) >= 11 is 0. The van der Waals surface area contributed by atoms with Gasteiger partial charge in [-0.2, -0.15) is 0 Å². The van der Waals surface area contributed by atoms with Crippen LogP contribution in [0, 0.1) is 13.8 Å². The Morgan fingerprint density at radius 1 is 1.03 bits per heavy atom. The third kappa shape index (κ3) is 3.63. The van der Waals surface area contributed by atoms with Gasteiger partial charge in [0.25, 0.3) is 11.7 Å². The van der Waals surface area contributed by atoms with Crippen molar-refractivity contribution in [3.63, 3.8) is 0 Å². The summed E-state index contributed by atoms with van der Waals surface area (Å²) in [7, 11) is 0. The second-order valence-corrected chi connectivity index (χ2v) is 7.77. The van der Waals surface area contributed by atoms with Crippen LogP contribution in [0.5, 0.6) is 0 Å². The van der Waals surface area contributed by atoms with Gasteiger partial charge in [0.15, 0.2) is 0 Å². The molecule has 2 heterocycles. The summed E-state index contributed by atoms with van der Waals surface area (Å²) < 4.78 is 0. The van der Waals surface area contributed by atoms with Crippen LogP contribution in [0.4, 0.5) is 5.69 Å². The highest BCUT2D eigenvalue weighted by Gasteiger charge is 2.47. The molecule has 4 rings (SSSR count). The zero-order chi connectivity index (χ0) is 22.1. The van der Waals surface area contributed by atoms with Crippen LogP contribution in [0.1, 0.15) is 40.8 Å². The standard InChI is InChI=1S/C26H24N2O3/c1-4-18-8-11-21(12-9-18)28-23(20-6-5-13-27-15-20)22(25(30)26(28)31)24(29)19-10-7-16(2)17(3)14-19/h5-15,23,29H,4H2,1-3H3/b24-22-. The van der Waals surface area contributed by atoms with Crippen molar-refractivity contribution in [2.24, 2.45) is 0 Å². The molecule has 1 fully saturated rings. The van der Waals surface area contributed by atoms with Gasteiger partial charge in [-0.3, -0.25) is 19.5 Å². The molecule has 0 saturated carbocycles. The molecule has 156 valence electrons. The third-order valence-electron chi connectivity index (χ3n) is 5.85. The summed E-state index contributed by atoms with van der Waals surface area (Å²) in [6.07, 6.45) is 4.13. The summed E-state index contributed by atoms with van der Waals surface area (Å²) in [6.45, 7) is 5.98. The van der Waals surface area contributed by atoms with Gasteiger partial charge >= 0.3 is 0 Å².